The van der Waals surface area contributed by atoms with Crippen molar-refractivity contribution in [1.29, 1.82) is 0 Å². The molecule has 2 rings (SSSR count). The van der Waals surface area contributed by atoms with Gasteiger partial charge in [0, 0.05) is 0 Å². The predicted molar refractivity (Wildman–Crippen MR) is 186 cm³/mol. The van der Waals surface area contributed by atoms with E-state index >= 15 is 0 Å². The molecule has 0 saturated heterocycles. The zero-order chi connectivity index (χ0) is 30.3. The summed E-state index contributed by atoms with van der Waals surface area (Å²) < 4.78 is 0. The predicted octanol–water partition coefficient (Wildman–Crippen LogP) is 14.2. The molecule has 2 aliphatic carbocycles. The minimum atomic E-state index is 0.929. The Kier molecular flexibility index (Phi) is 34.6. The van der Waals surface area contributed by atoms with Crippen LogP contribution in [0.15, 0.2) is 84.6 Å². The summed E-state index contributed by atoms with van der Waals surface area (Å²) in [5.74, 6) is 1.04. The molecule has 39 heavy (non-hydrogen) atoms. The second kappa shape index (κ2) is 32.4. The average Bonchev–Trinajstić information content (AvgIpc) is 2.95. The maximum absolute atomic E-state index is 4.22. The van der Waals surface area contributed by atoms with Gasteiger partial charge in [0.25, 0.3) is 0 Å². The fourth-order valence-electron chi connectivity index (χ4n) is 4.45. The Morgan fingerprint density at radius 3 is 1.56 bits per heavy atom. The highest BCUT2D eigenvalue weighted by Crippen LogP contribution is 2.24. The Morgan fingerprint density at radius 1 is 0.769 bits per heavy atom. The zero-order valence-corrected chi connectivity index (χ0v) is 28.1. The van der Waals surface area contributed by atoms with Crippen LogP contribution in [0.2, 0.25) is 0 Å². The van der Waals surface area contributed by atoms with Crippen LogP contribution in [0, 0.1) is 5.92 Å². The van der Waals surface area contributed by atoms with Crippen LogP contribution in [0.1, 0.15) is 158 Å². The Labute approximate surface area is 248 Å². The van der Waals surface area contributed by atoms with Crippen molar-refractivity contribution in [3.8, 4) is 0 Å². The molecule has 0 aliphatic heterocycles. The summed E-state index contributed by atoms with van der Waals surface area (Å²) in [6, 6.07) is 0. The fourth-order valence-corrected chi connectivity index (χ4v) is 4.45. The monoisotopic (exact) mass is 539 g/mol. The van der Waals surface area contributed by atoms with E-state index in [1.165, 1.54) is 92.9 Å². The normalized spacial score (nSPS) is 15.6. The summed E-state index contributed by atoms with van der Waals surface area (Å²) in [5, 5.41) is 0. The van der Waals surface area contributed by atoms with Gasteiger partial charge in [0.1, 0.15) is 0 Å². The van der Waals surface area contributed by atoms with Crippen LogP contribution in [0.25, 0.3) is 0 Å². The van der Waals surface area contributed by atoms with Gasteiger partial charge in [-0.2, -0.15) is 0 Å². The van der Waals surface area contributed by atoms with Gasteiger partial charge in [-0.05, 0) is 75.5 Å². The maximum Gasteiger partial charge on any atom is -0.0141 e. The highest BCUT2D eigenvalue weighted by atomic mass is 14.1. The third-order valence-corrected chi connectivity index (χ3v) is 6.86. The summed E-state index contributed by atoms with van der Waals surface area (Å²) in [5.41, 5.74) is 6.13. The first-order valence-corrected chi connectivity index (χ1v) is 16.3. The quantitative estimate of drug-likeness (QED) is 0.192. The van der Waals surface area contributed by atoms with E-state index in [9.17, 15) is 0 Å². The van der Waals surface area contributed by atoms with Gasteiger partial charge in [0.2, 0.25) is 0 Å². The Morgan fingerprint density at radius 2 is 1.23 bits per heavy atom. The topological polar surface area (TPSA) is 0 Å². The van der Waals surface area contributed by atoms with Crippen molar-refractivity contribution in [2.45, 2.75) is 158 Å². The molecule has 2 fully saturated rings. The van der Waals surface area contributed by atoms with E-state index < -0.39 is 0 Å². The summed E-state index contributed by atoms with van der Waals surface area (Å²) in [6.45, 7) is 32.5. The molecule has 0 nitrogen and oxygen atoms in total. The van der Waals surface area contributed by atoms with Gasteiger partial charge in [0.15, 0.2) is 0 Å². The largest absolute Gasteiger partial charge is 0.103 e. The van der Waals surface area contributed by atoms with Crippen LogP contribution in [0.5, 0.6) is 0 Å². The molecule has 0 radical (unpaired) electrons. The first-order chi connectivity index (χ1) is 18.7. The molecular weight excluding hydrogens is 468 g/mol. The standard InChI is InChI=1S/C20H30.C7H14.C6H12.C4H8.C2H6/c1-8-11-18(6)20(9-2)19(7)15-14-17(5)13-10-12-16(3)4;1-7-5-3-2-4-6-7;1-2-4-6-5-3-1;1-3-4-2;1-2/h9-11,13H,3,5,7-8,12,14-15H2,1-2,4,6H3;7H,2-6H2,1H3;1-6H2;3H,1,4H2,2H3;1-2H3/b13-10-,18-11-,20-9+;;;;. The Balaban J connectivity index is -0.000000545. The molecule has 2 saturated carbocycles. The molecule has 0 bridgehead atoms. The van der Waals surface area contributed by atoms with Crippen molar-refractivity contribution < 1.29 is 0 Å². The molecule has 0 atom stereocenters. The summed E-state index contributed by atoms with van der Waals surface area (Å²) >= 11 is 0. The van der Waals surface area contributed by atoms with Crippen molar-refractivity contribution in [3.05, 3.63) is 84.6 Å². The van der Waals surface area contributed by atoms with Gasteiger partial charge in [-0.15, -0.1) is 6.58 Å². The van der Waals surface area contributed by atoms with Gasteiger partial charge in [-0.3, -0.25) is 0 Å². The van der Waals surface area contributed by atoms with Crippen molar-refractivity contribution in [2.24, 2.45) is 5.92 Å². The van der Waals surface area contributed by atoms with E-state index in [0.29, 0.717) is 0 Å². The van der Waals surface area contributed by atoms with Crippen molar-refractivity contribution in [2.75, 3.05) is 0 Å². The average molecular weight is 539 g/mol. The van der Waals surface area contributed by atoms with Crippen molar-refractivity contribution in [3.63, 3.8) is 0 Å². The highest BCUT2D eigenvalue weighted by molar-refractivity contribution is 5.44. The maximum atomic E-state index is 4.22. The Bertz CT molecular complexity index is 672. The minimum absolute atomic E-state index is 0.929. The molecule has 0 N–H and O–H groups in total. The minimum Gasteiger partial charge on any atom is -0.103 e. The second-order valence-corrected chi connectivity index (χ2v) is 10.9. The van der Waals surface area contributed by atoms with E-state index in [0.717, 1.165) is 43.6 Å². The van der Waals surface area contributed by atoms with Crippen LogP contribution in [-0.4, -0.2) is 0 Å². The number of rotatable bonds is 10. The van der Waals surface area contributed by atoms with Gasteiger partial charge < -0.3 is 0 Å². The molecular formula is C39H70. The smallest absolute Gasteiger partial charge is 0.0141 e. The molecule has 0 aromatic heterocycles. The molecule has 0 heteroatoms. The van der Waals surface area contributed by atoms with E-state index in [-0.39, 0.29) is 0 Å². The lowest BCUT2D eigenvalue weighted by atomic mass is 9.91. The SMILES string of the molecule is C1CCCCC1.C=C(C)C/C=C\C(=C)CCC(=C)C(=C/C)/C(C)=C\CC.C=CCC.CC.CC1CCCCC1. The van der Waals surface area contributed by atoms with Gasteiger partial charge >= 0.3 is 0 Å². The lowest BCUT2D eigenvalue weighted by Crippen LogP contribution is -1.99. The van der Waals surface area contributed by atoms with E-state index in [4.69, 9.17) is 0 Å². The van der Waals surface area contributed by atoms with Crippen molar-refractivity contribution >= 4 is 0 Å². The third-order valence-electron chi connectivity index (χ3n) is 6.86. The molecule has 0 unspecified atom stereocenters. The fraction of sp³-hybridized carbons (Fsp3) is 0.641. The second-order valence-electron chi connectivity index (χ2n) is 10.9. The molecule has 0 aromatic rings. The lowest BCUT2D eigenvalue weighted by molar-refractivity contribution is 0.385. The molecule has 226 valence electrons. The summed E-state index contributed by atoms with van der Waals surface area (Å²) in [7, 11) is 0. The molecule has 0 spiro atoms. The third kappa shape index (κ3) is 30.6. The van der Waals surface area contributed by atoms with Crippen LogP contribution in [0.4, 0.5) is 0 Å². The van der Waals surface area contributed by atoms with Gasteiger partial charge in [-0.1, -0.05) is 167 Å². The van der Waals surface area contributed by atoms with E-state index in [1.807, 2.05) is 26.8 Å². The van der Waals surface area contributed by atoms with Crippen LogP contribution < -0.4 is 0 Å². The molecule has 0 heterocycles. The van der Waals surface area contributed by atoms with Crippen LogP contribution in [-0.2, 0) is 0 Å². The van der Waals surface area contributed by atoms with Gasteiger partial charge in [-0.25, -0.2) is 0 Å². The molecule has 2 aliphatic rings. The Hall–Kier alpha value is -1.82. The number of hydrogen-bond acceptors (Lipinski definition) is 0. The highest BCUT2D eigenvalue weighted by Gasteiger charge is 2.06. The number of hydrogen-bond donors (Lipinski definition) is 0. The molecule has 0 aromatic carbocycles. The van der Waals surface area contributed by atoms with E-state index in [2.05, 4.69) is 85.2 Å². The van der Waals surface area contributed by atoms with Crippen LogP contribution in [0.3, 0.4) is 0 Å². The number of allylic oxidation sites excluding steroid dienone is 10. The first kappa shape index (κ1) is 41.7. The first-order valence-electron chi connectivity index (χ1n) is 16.3. The lowest BCUT2D eigenvalue weighted by Gasteiger charge is -2.15. The van der Waals surface area contributed by atoms with Gasteiger partial charge in [0.05, 0.1) is 0 Å². The van der Waals surface area contributed by atoms with E-state index in [1.54, 1.807) is 0 Å². The van der Waals surface area contributed by atoms with Crippen LogP contribution >= 0.6 is 0 Å². The zero-order valence-electron chi connectivity index (χ0n) is 28.1. The summed E-state index contributed by atoms with van der Waals surface area (Å²) in [4.78, 5) is 0. The van der Waals surface area contributed by atoms with Crippen molar-refractivity contribution in [1.82, 2.24) is 0 Å². The summed E-state index contributed by atoms with van der Waals surface area (Å²) in [6.07, 6.45) is 32.0. The molecule has 0 amide bonds.